The van der Waals surface area contributed by atoms with E-state index in [1.165, 1.54) is 5.56 Å². The fourth-order valence-electron chi connectivity index (χ4n) is 3.30. The van der Waals surface area contributed by atoms with Crippen LogP contribution in [0.15, 0.2) is 36.4 Å². The van der Waals surface area contributed by atoms with E-state index in [1.807, 2.05) is 29.2 Å². The van der Waals surface area contributed by atoms with E-state index in [-0.39, 0.29) is 6.10 Å². The number of benzene rings is 1. The summed E-state index contributed by atoms with van der Waals surface area (Å²) in [6.45, 7) is 4.54. The van der Waals surface area contributed by atoms with Crippen molar-refractivity contribution < 1.29 is 14.6 Å². The molecule has 0 radical (unpaired) electrons. The number of hydrogen-bond donors (Lipinski definition) is 2. The zero-order valence-electron chi connectivity index (χ0n) is 15.4. The van der Waals surface area contributed by atoms with Crippen LogP contribution in [0.4, 0.5) is 11.8 Å². The highest BCUT2D eigenvalue weighted by Gasteiger charge is 2.28. The quantitative estimate of drug-likeness (QED) is 0.686. The first kappa shape index (κ1) is 18.2. The minimum absolute atomic E-state index is 0.283. The molecular weight excluding hydrogens is 344 g/mol. The van der Waals surface area contributed by atoms with Crippen LogP contribution in [0.1, 0.15) is 23.6 Å². The first-order valence-electron chi connectivity index (χ1n) is 9.53. The van der Waals surface area contributed by atoms with Gasteiger partial charge in [-0.15, -0.1) is 0 Å². The van der Waals surface area contributed by atoms with Gasteiger partial charge in [0.2, 0.25) is 5.95 Å². The van der Waals surface area contributed by atoms with Gasteiger partial charge < -0.3 is 24.8 Å². The Morgan fingerprint density at radius 1 is 1.22 bits per heavy atom. The molecule has 3 heterocycles. The van der Waals surface area contributed by atoms with Crippen LogP contribution < -0.4 is 10.2 Å². The van der Waals surface area contributed by atoms with Gasteiger partial charge in [-0.25, -0.2) is 4.98 Å². The molecule has 0 bridgehead atoms. The van der Waals surface area contributed by atoms with Crippen LogP contribution in [-0.2, 0) is 16.1 Å². The van der Waals surface area contributed by atoms with Gasteiger partial charge in [-0.2, -0.15) is 4.98 Å². The summed E-state index contributed by atoms with van der Waals surface area (Å²) in [5.41, 5.74) is 2.17. The lowest BCUT2D eigenvalue weighted by atomic mass is 10.0. The van der Waals surface area contributed by atoms with Crippen LogP contribution in [0, 0.1) is 0 Å². The van der Waals surface area contributed by atoms with Crippen LogP contribution in [0.2, 0.25) is 0 Å². The van der Waals surface area contributed by atoms with Gasteiger partial charge in [0.25, 0.3) is 0 Å². The Labute approximate surface area is 159 Å². The normalized spacial score (nSPS) is 19.9. The van der Waals surface area contributed by atoms with Crippen molar-refractivity contribution in [2.75, 3.05) is 49.7 Å². The molecule has 2 aromatic rings. The first-order valence-corrected chi connectivity index (χ1v) is 9.53. The van der Waals surface area contributed by atoms with Crippen molar-refractivity contribution >= 4 is 11.8 Å². The smallest absolute Gasteiger partial charge is 0.227 e. The summed E-state index contributed by atoms with van der Waals surface area (Å²) in [5, 5.41) is 12.9. The summed E-state index contributed by atoms with van der Waals surface area (Å²) in [6, 6.07) is 12.2. The van der Waals surface area contributed by atoms with Gasteiger partial charge in [-0.05, 0) is 12.0 Å². The number of anilines is 2. The number of aliphatic hydroxyl groups is 1. The SMILES string of the molecule is OC1CN(c2nc(NCCOCc3ccccc3)cc([C@H]3CCOC3)n2)C1. The lowest BCUT2D eigenvalue weighted by Gasteiger charge is -2.36. The number of nitrogens with zero attached hydrogens (tertiary/aromatic N) is 3. The van der Waals surface area contributed by atoms with E-state index in [0.29, 0.717) is 51.3 Å². The van der Waals surface area contributed by atoms with Crippen molar-refractivity contribution in [1.82, 2.24) is 9.97 Å². The second kappa shape index (κ2) is 8.65. The zero-order valence-corrected chi connectivity index (χ0v) is 15.4. The Bertz CT molecular complexity index is 731. The Kier molecular flexibility index (Phi) is 5.81. The molecular formula is C20H26N4O3. The monoisotopic (exact) mass is 370 g/mol. The van der Waals surface area contributed by atoms with Gasteiger partial charge in [0.05, 0.1) is 31.6 Å². The first-order chi connectivity index (χ1) is 13.3. The number of nitrogens with one attached hydrogen (secondary N) is 1. The van der Waals surface area contributed by atoms with E-state index in [9.17, 15) is 5.11 Å². The van der Waals surface area contributed by atoms with Crippen LogP contribution in [0.3, 0.4) is 0 Å². The highest BCUT2D eigenvalue weighted by Crippen LogP contribution is 2.28. The highest BCUT2D eigenvalue weighted by atomic mass is 16.5. The van der Waals surface area contributed by atoms with E-state index in [4.69, 9.17) is 14.5 Å². The zero-order chi connectivity index (χ0) is 18.5. The van der Waals surface area contributed by atoms with Gasteiger partial charge in [0, 0.05) is 38.2 Å². The van der Waals surface area contributed by atoms with E-state index in [1.54, 1.807) is 0 Å². The minimum Gasteiger partial charge on any atom is -0.389 e. The minimum atomic E-state index is -0.283. The maximum Gasteiger partial charge on any atom is 0.227 e. The summed E-state index contributed by atoms with van der Waals surface area (Å²) < 4.78 is 11.2. The molecule has 1 aromatic heterocycles. The van der Waals surface area contributed by atoms with Gasteiger partial charge in [-0.3, -0.25) is 0 Å². The van der Waals surface area contributed by atoms with Crippen molar-refractivity contribution in [3.8, 4) is 0 Å². The maximum absolute atomic E-state index is 9.57. The van der Waals surface area contributed by atoms with E-state index in [2.05, 4.69) is 22.4 Å². The Hall–Kier alpha value is -2.22. The van der Waals surface area contributed by atoms with E-state index >= 15 is 0 Å². The summed E-state index contributed by atoms with van der Waals surface area (Å²) in [7, 11) is 0. The molecule has 0 amide bonds. The van der Waals surface area contributed by atoms with E-state index < -0.39 is 0 Å². The van der Waals surface area contributed by atoms with Crippen LogP contribution in [-0.4, -0.2) is 60.6 Å². The second-order valence-corrected chi connectivity index (χ2v) is 7.06. The number of β-amino-alcohol motifs (C(OH)–C–C–N with tert-alkyl or cyclic N) is 1. The molecule has 2 fully saturated rings. The molecule has 7 heteroatoms. The molecule has 0 unspecified atom stereocenters. The summed E-state index contributed by atoms with van der Waals surface area (Å²) in [5.74, 6) is 1.79. The summed E-state index contributed by atoms with van der Waals surface area (Å²) >= 11 is 0. The largest absolute Gasteiger partial charge is 0.389 e. The fourth-order valence-corrected chi connectivity index (χ4v) is 3.30. The standard InChI is InChI=1S/C20H26N4O3/c25-17-11-24(12-17)20-22-18(16-6-8-26-14-16)10-19(23-20)21-7-9-27-13-15-4-2-1-3-5-15/h1-5,10,16-17,25H,6-9,11-14H2,(H,21,22,23)/t16-/m0/s1. The lowest BCUT2D eigenvalue weighted by molar-refractivity contribution is 0.130. The summed E-state index contributed by atoms with van der Waals surface area (Å²) in [4.78, 5) is 11.3. The molecule has 1 atom stereocenters. The molecule has 2 N–H and O–H groups in total. The van der Waals surface area contributed by atoms with Crippen LogP contribution >= 0.6 is 0 Å². The molecule has 2 saturated heterocycles. The molecule has 27 heavy (non-hydrogen) atoms. The van der Waals surface area contributed by atoms with Crippen molar-refractivity contribution in [3.63, 3.8) is 0 Å². The topological polar surface area (TPSA) is 79.7 Å². The molecule has 0 aliphatic carbocycles. The number of hydrogen-bond acceptors (Lipinski definition) is 7. The molecule has 4 rings (SSSR count). The summed E-state index contributed by atoms with van der Waals surface area (Å²) in [6.07, 6.45) is 0.702. The van der Waals surface area contributed by atoms with Crippen LogP contribution in [0.5, 0.6) is 0 Å². The van der Waals surface area contributed by atoms with Crippen LogP contribution in [0.25, 0.3) is 0 Å². The van der Waals surface area contributed by atoms with Crippen molar-refractivity contribution in [2.45, 2.75) is 25.0 Å². The third-order valence-electron chi connectivity index (χ3n) is 4.89. The van der Waals surface area contributed by atoms with Crippen molar-refractivity contribution in [1.29, 1.82) is 0 Å². The molecule has 1 aromatic carbocycles. The van der Waals surface area contributed by atoms with Gasteiger partial charge >= 0.3 is 0 Å². The molecule has 7 nitrogen and oxygen atoms in total. The Morgan fingerprint density at radius 3 is 2.81 bits per heavy atom. The average Bonchev–Trinajstić information content (AvgIpc) is 3.21. The number of aromatic nitrogens is 2. The second-order valence-electron chi connectivity index (χ2n) is 7.06. The van der Waals surface area contributed by atoms with Crippen molar-refractivity contribution in [2.24, 2.45) is 0 Å². The number of ether oxygens (including phenoxy) is 2. The third-order valence-corrected chi connectivity index (χ3v) is 4.89. The predicted molar refractivity (Wildman–Crippen MR) is 103 cm³/mol. The third kappa shape index (κ3) is 4.74. The molecule has 0 saturated carbocycles. The fraction of sp³-hybridized carbons (Fsp3) is 0.500. The molecule has 2 aliphatic rings. The molecule has 2 aliphatic heterocycles. The van der Waals surface area contributed by atoms with Gasteiger partial charge in [0.1, 0.15) is 5.82 Å². The van der Waals surface area contributed by atoms with E-state index in [0.717, 1.165) is 24.5 Å². The lowest BCUT2D eigenvalue weighted by Crippen LogP contribution is -2.51. The van der Waals surface area contributed by atoms with Gasteiger partial charge in [0.15, 0.2) is 0 Å². The maximum atomic E-state index is 9.57. The molecule has 0 spiro atoms. The predicted octanol–water partition coefficient (Wildman–Crippen LogP) is 1.79. The Morgan fingerprint density at radius 2 is 2.07 bits per heavy atom. The number of rotatable bonds is 8. The Balaban J connectivity index is 1.34. The highest BCUT2D eigenvalue weighted by molar-refractivity contribution is 5.46. The number of aliphatic hydroxyl groups excluding tert-OH is 1. The average molecular weight is 370 g/mol. The molecule has 144 valence electrons. The van der Waals surface area contributed by atoms with Crippen molar-refractivity contribution in [3.05, 3.63) is 47.7 Å². The van der Waals surface area contributed by atoms with Gasteiger partial charge in [-0.1, -0.05) is 30.3 Å².